The third kappa shape index (κ3) is 2.89. The van der Waals surface area contributed by atoms with E-state index < -0.39 is 0 Å². The molecule has 0 spiro atoms. The predicted octanol–water partition coefficient (Wildman–Crippen LogP) is 7.74. The maximum absolute atomic E-state index is 2.46. The largest absolute Gasteiger partial charge is 0.0716 e. The summed E-state index contributed by atoms with van der Waals surface area (Å²) in [5.41, 5.74) is 12.5. The average molecular weight is 403 g/mol. The fraction of sp³-hybridized carbons (Fsp3) is 0.226. The Morgan fingerprint density at radius 3 is 1.68 bits per heavy atom. The van der Waals surface area contributed by atoms with E-state index in [1.165, 1.54) is 50.1 Å². The lowest BCUT2D eigenvalue weighted by Crippen LogP contribution is -2.29. The van der Waals surface area contributed by atoms with Gasteiger partial charge in [0.15, 0.2) is 0 Å². The molecule has 0 atom stereocenters. The summed E-state index contributed by atoms with van der Waals surface area (Å²) >= 11 is 0. The molecule has 0 nitrogen and oxygen atoms in total. The van der Waals surface area contributed by atoms with Gasteiger partial charge < -0.3 is 0 Å². The quantitative estimate of drug-likeness (QED) is 0.282. The van der Waals surface area contributed by atoms with Gasteiger partial charge in [0.1, 0.15) is 0 Å². The summed E-state index contributed by atoms with van der Waals surface area (Å²) in [6.07, 6.45) is 3.15. The van der Waals surface area contributed by atoms with Crippen LogP contribution in [0.2, 0.25) is 0 Å². The topological polar surface area (TPSA) is 0 Å². The van der Waals surface area contributed by atoms with E-state index in [0.717, 1.165) is 19.3 Å². The van der Waals surface area contributed by atoms with Gasteiger partial charge in [-0.05, 0) is 69.3 Å². The van der Waals surface area contributed by atoms with Gasteiger partial charge in [0.05, 0.1) is 5.41 Å². The smallest absolute Gasteiger partial charge is 0.0622 e. The highest BCUT2D eigenvalue weighted by Crippen LogP contribution is 2.57. The fourth-order valence-electron chi connectivity index (χ4n) is 5.54. The van der Waals surface area contributed by atoms with Crippen LogP contribution in [0.15, 0.2) is 91.0 Å². The molecule has 4 aromatic carbocycles. The first-order chi connectivity index (χ1) is 15.2. The minimum absolute atomic E-state index is 0.281. The van der Waals surface area contributed by atoms with Crippen molar-refractivity contribution in [2.24, 2.45) is 0 Å². The van der Waals surface area contributed by atoms with Gasteiger partial charge in [0, 0.05) is 0 Å². The van der Waals surface area contributed by atoms with Crippen LogP contribution in [0.25, 0.3) is 11.1 Å². The number of benzene rings is 4. The summed E-state index contributed by atoms with van der Waals surface area (Å²) < 4.78 is 0. The molecule has 0 heterocycles. The van der Waals surface area contributed by atoms with Crippen molar-refractivity contribution >= 4 is 0 Å². The van der Waals surface area contributed by atoms with E-state index in [1.807, 2.05) is 0 Å². The standard InChI is InChI=1S/C31H30/c1-4-22-17-18-29-27(20-22)28-21-23(5-2)19-24(6-3)30(28)31(29,25-13-9-7-10-14-25)26-15-11-8-12-16-26/h7-21H,4-6H2,1-3H3. The molecule has 0 aromatic heterocycles. The molecule has 0 aliphatic heterocycles. The lowest BCUT2D eigenvalue weighted by atomic mass is 9.66. The van der Waals surface area contributed by atoms with Crippen molar-refractivity contribution < 1.29 is 0 Å². The van der Waals surface area contributed by atoms with Gasteiger partial charge in [-0.25, -0.2) is 0 Å². The molecule has 31 heavy (non-hydrogen) atoms. The van der Waals surface area contributed by atoms with Gasteiger partial charge in [-0.3, -0.25) is 0 Å². The van der Waals surface area contributed by atoms with Crippen LogP contribution in [-0.4, -0.2) is 0 Å². The molecule has 0 fully saturated rings. The normalized spacial score (nSPS) is 13.6. The molecule has 0 amide bonds. The van der Waals surface area contributed by atoms with Crippen LogP contribution in [0.5, 0.6) is 0 Å². The Balaban J connectivity index is 2.00. The molecule has 0 unspecified atom stereocenters. The number of aryl methyl sites for hydroxylation is 3. The lowest BCUT2D eigenvalue weighted by molar-refractivity contribution is 0.754. The molecule has 5 rings (SSSR count). The van der Waals surface area contributed by atoms with E-state index in [4.69, 9.17) is 0 Å². The number of fused-ring (bicyclic) bond motifs is 3. The van der Waals surface area contributed by atoms with Gasteiger partial charge in [0.25, 0.3) is 0 Å². The second-order valence-electron chi connectivity index (χ2n) is 8.60. The zero-order valence-corrected chi connectivity index (χ0v) is 18.8. The Hall–Kier alpha value is -3.12. The van der Waals surface area contributed by atoms with Crippen LogP contribution in [0, 0.1) is 0 Å². The monoisotopic (exact) mass is 402 g/mol. The number of hydrogen-bond acceptors (Lipinski definition) is 0. The predicted molar refractivity (Wildman–Crippen MR) is 132 cm³/mol. The number of hydrogen-bond donors (Lipinski definition) is 0. The fourth-order valence-corrected chi connectivity index (χ4v) is 5.54. The van der Waals surface area contributed by atoms with Crippen LogP contribution in [0.3, 0.4) is 0 Å². The summed E-state index contributed by atoms with van der Waals surface area (Å²) in [7, 11) is 0. The van der Waals surface area contributed by atoms with Crippen molar-refractivity contribution in [3.8, 4) is 11.1 Å². The zero-order valence-electron chi connectivity index (χ0n) is 18.8. The van der Waals surface area contributed by atoms with E-state index in [0.29, 0.717) is 0 Å². The molecular weight excluding hydrogens is 372 g/mol. The van der Waals surface area contributed by atoms with Gasteiger partial charge in [-0.2, -0.15) is 0 Å². The van der Waals surface area contributed by atoms with Crippen molar-refractivity contribution in [2.45, 2.75) is 45.4 Å². The minimum atomic E-state index is -0.281. The van der Waals surface area contributed by atoms with Crippen molar-refractivity contribution in [3.63, 3.8) is 0 Å². The number of rotatable bonds is 5. The van der Waals surface area contributed by atoms with Crippen LogP contribution in [0.1, 0.15) is 59.7 Å². The third-order valence-corrected chi connectivity index (χ3v) is 7.04. The van der Waals surface area contributed by atoms with E-state index in [1.54, 1.807) is 0 Å². The summed E-state index contributed by atoms with van der Waals surface area (Å²) in [5, 5.41) is 0. The first kappa shape index (κ1) is 19.8. The highest BCUT2D eigenvalue weighted by Gasteiger charge is 2.47. The van der Waals surface area contributed by atoms with Gasteiger partial charge in [-0.1, -0.05) is 112 Å². The van der Waals surface area contributed by atoms with E-state index in [2.05, 4.69) is 112 Å². The highest BCUT2D eigenvalue weighted by molar-refractivity contribution is 5.88. The third-order valence-electron chi connectivity index (χ3n) is 7.04. The first-order valence-corrected chi connectivity index (χ1v) is 11.6. The van der Waals surface area contributed by atoms with E-state index >= 15 is 0 Å². The molecule has 0 N–H and O–H groups in total. The zero-order chi connectivity index (χ0) is 21.4. The van der Waals surface area contributed by atoms with Crippen molar-refractivity contribution in [2.75, 3.05) is 0 Å². The van der Waals surface area contributed by atoms with Gasteiger partial charge in [0.2, 0.25) is 0 Å². The molecule has 0 radical (unpaired) electrons. The Kier molecular flexibility index (Phi) is 5.02. The molecule has 1 aliphatic carbocycles. The molecule has 154 valence electrons. The van der Waals surface area contributed by atoms with Crippen molar-refractivity contribution in [1.29, 1.82) is 0 Å². The van der Waals surface area contributed by atoms with Crippen molar-refractivity contribution in [3.05, 3.63) is 130 Å². The molecule has 4 aromatic rings. The van der Waals surface area contributed by atoms with E-state index in [-0.39, 0.29) is 5.41 Å². The van der Waals surface area contributed by atoms with Gasteiger partial charge in [-0.15, -0.1) is 0 Å². The molecule has 0 heteroatoms. The van der Waals surface area contributed by atoms with Crippen molar-refractivity contribution in [1.82, 2.24) is 0 Å². The minimum Gasteiger partial charge on any atom is -0.0622 e. The summed E-state index contributed by atoms with van der Waals surface area (Å²) in [5.74, 6) is 0. The second kappa shape index (κ2) is 7.85. The highest BCUT2D eigenvalue weighted by atomic mass is 14.5. The average Bonchev–Trinajstić information content (AvgIpc) is 3.15. The summed E-state index contributed by atoms with van der Waals surface area (Å²) in [6.45, 7) is 6.82. The second-order valence-corrected chi connectivity index (χ2v) is 8.60. The maximum atomic E-state index is 2.46. The van der Waals surface area contributed by atoms with Crippen LogP contribution in [-0.2, 0) is 24.7 Å². The molecule has 0 saturated carbocycles. The van der Waals surface area contributed by atoms with Gasteiger partial charge >= 0.3 is 0 Å². The molecular formula is C31H30. The summed E-state index contributed by atoms with van der Waals surface area (Å²) in [6, 6.07) is 34.3. The summed E-state index contributed by atoms with van der Waals surface area (Å²) in [4.78, 5) is 0. The molecule has 1 aliphatic rings. The SMILES string of the molecule is CCc1ccc2c(c1)-c1cc(CC)cc(CC)c1C2(c1ccccc1)c1ccccc1. The maximum Gasteiger partial charge on any atom is 0.0716 e. The first-order valence-electron chi connectivity index (χ1n) is 11.6. The Labute approximate surface area is 186 Å². The Morgan fingerprint density at radius 2 is 1.13 bits per heavy atom. The lowest BCUT2D eigenvalue weighted by Gasteiger charge is -2.35. The van der Waals surface area contributed by atoms with Crippen LogP contribution < -0.4 is 0 Å². The van der Waals surface area contributed by atoms with E-state index in [9.17, 15) is 0 Å². The molecule has 0 saturated heterocycles. The van der Waals surface area contributed by atoms with Crippen LogP contribution in [0.4, 0.5) is 0 Å². The Morgan fingerprint density at radius 1 is 0.548 bits per heavy atom. The Bertz CT molecular complexity index is 1180. The molecule has 0 bridgehead atoms. The van der Waals surface area contributed by atoms with Crippen LogP contribution >= 0.6 is 0 Å².